The summed E-state index contributed by atoms with van der Waals surface area (Å²) in [4.78, 5) is 28.4. The fraction of sp³-hybridized carbons (Fsp3) is 0.125. The number of guanidine groups is 1. The van der Waals surface area contributed by atoms with E-state index in [4.69, 9.17) is 20.9 Å². The number of aromatic nitrogens is 2. The van der Waals surface area contributed by atoms with Crippen LogP contribution in [0.1, 0.15) is 12.5 Å². The summed E-state index contributed by atoms with van der Waals surface area (Å²) in [5.41, 5.74) is 14.0. The van der Waals surface area contributed by atoms with Crippen molar-refractivity contribution < 1.29 is 19.1 Å². The van der Waals surface area contributed by atoms with Crippen LogP contribution >= 0.6 is 0 Å². The topological polar surface area (TPSA) is 155 Å². The predicted octanol–water partition coefficient (Wildman–Crippen LogP) is 2.40. The smallest absolute Gasteiger partial charge is 0.350 e. The zero-order valence-corrected chi connectivity index (χ0v) is 18.3. The van der Waals surface area contributed by atoms with Crippen LogP contribution in [-0.4, -0.2) is 33.9 Å². The molecular formula is C24H22N6O4. The van der Waals surface area contributed by atoms with Crippen LogP contribution < -0.4 is 16.8 Å². The summed E-state index contributed by atoms with van der Waals surface area (Å²) >= 11 is 0. The predicted molar refractivity (Wildman–Crippen MR) is 125 cm³/mol. The zero-order valence-electron chi connectivity index (χ0n) is 18.3. The highest BCUT2D eigenvalue weighted by molar-refractivity contribution is 6.15. The first-order valence-corrected chi connectivity index (χ1v) is 10.3. The van der Waals surface area contributed by atoms with Crippen LogP contribution in [0.25, 0.3) is 11.3 Å². The lowest BCUT2D eigenvalue weighted by Gasteiger charge is -2.33. The summed E-state index contributed by atoms with van der Waals surface area (Å²) in [5.74, 6) is -2.80. The van der Waals surface area contributed by atoms with E-state index >= 15 is 0 Å². The van der Waals surface area contributed by atoms with Gasteiger partial charge >= 0.3 is 11.9 Å². The van der Waals surface area contributed by atoms with Gasteiger partial charge in [-0.1, -0.05) is 48.5 Å². The van der Waals surface area contributed by atoms with Crippen molar-refractivity contribution in [3.63, 3.8) is 0 Å². The number of aliphatic imine (C=N–C) groups is 1. The first-order chi connectivity index (χ1) is 16.4. The molecule has 1 aromatic heterocycles. The molecule has 0 atom stereocenters. The highest BCUT2D eigenvalue weighted by atomic mass is 16.7. The largest absolute Gasteiger partial charge is 0.419 e. The van der Waals surface area contributed by atoms with Crippen LogP contribution in [0.15, 0.2) is 83.5 Å². The van der Waals surface area contributed by atoms with E-state index in [1.54, 1.807) is 36.4 Å². The minimum absolute atomic E-state index is 0.0738. The number of rotatable bonds is 5. The highest BCUT2D eigenvalue weighted by Crippen LogP contribution is 2.29. The number of nitrogens with one attached hydrogen (secondary N) is 1. The number of carbonyl (C=O) groups excluding carboxylic acids is 2. The molecule has 10 heteroatoms. The maximum atomic E-state index is 12.1. The molecule has 1 aliphatic heterocycles. The number of esters is 2. The Bertz CT molecular complexity index is 1250. The third-order valence-electron chi connectivity index (χ3n) is 4.97. The van der Waals surface area contributed by atoms with Gasteiger partial charge in [0.1, 0.15) is 0 Å². The Kier molecular flexibility index (Phi) is 6.22. The van der Waals surface area contributed by atoms with Crippen LogP contribution in [0, 0.1) is 0 Å². The number of para-hydroxylation sites is 1. The number of nitrogens with zero attached hydrogens (tertiary/aromatic N) is 3. The zero-order chi connectivity index (χ0) is 24.1. The molecule has 0 aliphatic carbocycles. The van der Waals surface area contributed by atoms with Crippen LogP contribution in [0.4, 0.5) is 11.5 Å². The number of hydrogen-bond donors (Lipinski definition) is 3. The molecule has 3 aromatic rings. The third kappa shape index (κ3) is 5.01. The normalized spacial score (nSPS) is 18.1. The Labute approximate surface area is 195 Å². The lowest BCUT2D eigenvalue weighted by molar-refractivity contribution is -0.228. The number of anilines is 1. The van der Waals surface area contributed by atoms with Crippen molar-refractivity contribution >= 4 is 29.4 Å². The molecule has 1 fully saturated rings. The van der Waals surface area contributed by atoms with E-state index in [1.165, 1.54) is 6.92 Å². The molecule has 172 valence electrons. The molecule has 34 heavy (non-hydrogen) atoms. The molecule has 0 unspecified atom stereocenters. The van der Waals surface area contributed by atoms with Crippen molar-refractivity contribution in [2.75, 3.05) is 5.32 Å². The van der Waals surface area contributed by atoms with E-state index in [9.17, 15) is 9.59 Å². The van der Waals surface area contributed by atoms with Gasteiger partial charge in [0, 0.05) is 24.4 Å². The molecule has 2 heterocycles. The Morgan fingerprint density at radius 1 is 1.00 bits per heavy atom. The Hall–Kier alpha value is -4.73. The number of benzene rings is 2. The van der Waals surface area contributed by atoms with Gasteiger partial charge in [-0.25, -0.2) is 9.59 Å². The Balaban J connectivity index is 1.49. The van der Waals surface area contributed by atoms with Gasteiger partial charge in [-0.15, -0.1) is 10.2 Å². The van der Waals surface area contributed by atoms with E-state index in [1.807, 2.05) is 30.3 Å². The molecule has 2 aromatic carbocycles. The summed E-state index contributed by atoms with van der Waals surface area (Å²) in [5, 5.41) is 11.3. The summed E-state index contributed by atoms with van der Waals surface area (Å²) in [7, 11) is 0. The van der Waals surface area contributed by atoms with Gasteiger partial charge in [-0.2, -0.15) is 4.99 Å². The molecule has 10 nitrogen and oxygen atoms in total. The monoisotopic (exact) mass is 458 g/mol. The number of ether oxygens (including phenoxy) is 2. The second kappa shape index (κ2) is 9.41. The molecule has 0 radical (unpaired) electrons. The maximum absolute atomic E-state index is 12.1. The molecule has 0 spiro atoms. The second-order valence-electron chi connectivity index (χ2n) is 7.59. The minimum Gasteiger partial charge on any atom is -0.419 e. The van der Waals surface area contributed by atoms with Crippen molar-refractivity contribution in [2.45, 2.75) is 19.1 Å². The van der Waals surface area contributed by atoms with Crippen LogP contribution in [0.3, 0.4) is 0 Å². The van der Waals surface area contributed by atoms with Crippen molar-refractivity contribution in [2.24, 2.45) is 16.5 Å². The quantitative estimate of drug-likeness (QED) is 0.172. The highest BCUT2D eigenvalue weighted by Gasteiger charge is 2.42. The second-order valence-corrected chi connectivity index (χ2v) is 7.59. The molecule has 0 amide bonds. The molecular weight excluding hydrogens is 436 g/mol. The molecule has 5 N–H and O–H groups in total. The van der Waals surface area contributed by atoms with Crippen molar-refractivity contribution in [1.82, 2.24) is 10.2 Å². The fourth-order valence-electron chi connectivity index (χ4n) is 3.39. The van der Waals surface area contributed by atoms with Gasteiger partial charge in [-0.3, -0.25) is 0 Å². The fourth-order valence-corrected chi connectivity index (χ4v) is 3.39. The van der Waals surface area contributed by atoms with E-state index < -0.39 is 17.7 Å². The molecule has 1 aliphatic rings. The number of carbonyl (C=O) groups is 2. The minimum atomic E-state index is -1.51. The average molecular weight is 458 g/mol. The van der Waals surface area contributed by atoms with Crippen LogP contribution in [-0.2, 0) is 25.5 Å². The Morgan fingerprint density at radius 3 is 2.32 bits per heavy atom. The van der Waals surface area contributed by atoms with Gasteiger partial charge in [0.25, 0.3) is 5.79 Å². The van der Waals surface area contributed by atoms with Crippen LogP contribution in [0.5, 0.6) is 0 Å². The van der Waals surface area contributed by atoms with Gasteiger partial charge < -0.3 is 26.3 Å². The number of cyclic esters (lactones) is 2. The lowest BCUT2D eigenvalue weighted by atomic mass is 10.0. The molecule has 0 bridgehead atoms. The number of nitrogens with two attached hydrogens (primary N) is 2. The summed E-state index contributed by atoms with van der Waals surface area (Å²) in [6.45, 7) is 1.49. The van der Waals surface area contributed by atoms with E-state index in [2.05, 4.69) is 20.5 Å². The molecule has 4 rings (SSSR count). The van der Waals surface area contributed by atoms with Gasteiger partial charge in [-0.05, 0) is 23.8 Å². The summed E-state index contributed by atoms with van der Waals surface area (Å²) < 4.78 is 10.6. The molecule has 0 saturated carbocycles. The SMILES string of the molecule is CC1(Cc2ccccc2NC(N)=Nc2ccc(-c3ccccc3)nn2)OC(=O)C(=CN)C(=O)O1. The maximum Gasteiger partial charge on any atom is 0.350 e. The van der Waals surface area contributed by atoms with E-state index in [0.717, 1.165) is 11.8 Å². The first-order valence-electron chi connectivity index (χ1n) is 10.3. The summed E-state index contributed by atoms with van der Waals surface area (Å²) in [6.07, 6.45) is 0.941. The van der Waals surface area contributed by atoms with E-state index in [0.29, 0.717) is 22.8 Å². The Morgan fingerprint density at radius 2 is 1.68 bits per heavy atom. The van der Waals surface area contributed by atoms with E-state index in [-0.39, 0.29) is 18.0 Å². The van der Waals surface area contributed by atoms with Gasteiger partial charge in [0.15, 0.2) is 17.4 Å². The standard InChI is InChI=1S/C24H22N6O4/c1-24(33-21(31)17(14-25)22(32)34-24)13-16-9-5-6-10-18(16)27-23(26)28-20-12-11-19(29-30-20)15-7-3-2-4-8-15/h2-12,14H,13,25H2,1H3,(H3,26,27,28,30). The van der Waals surface area contributed by atoms with Gasteiger partial charge in [0.2, 0.25) is 0 Å². The number of hydrogen-bond acceptors (Lipinski definition) is 8. The van der Waals surface area contributed by atoms with Crippen molar-refractivity contribution in [3.8, 4) is 11.3 Å². The first kappa shape index (κ1) is 22.5. The van der Waals surface area contributed by atoms with Crippen molar-refractivity contribution in [3.05, 3.63) is 84.1 Å². The van der Waals surface area contributed by atoms with Gasteiger partial charge in [0.05, 0.1) is 12.1 Å². The lowest BCUT2D eigenvalue weighted by Crippen LogP contribution is -2.46. The average Bonchev–Trinajstić information content (AvgIpc) is 2.81. The summed E-state index contributed by atoms with van der Waals surface area (Å²) in [6, 6.07) is 20.3. The third-order valence-corrected chi connectivity index (χ3v) is 4.97. The van der Waals surface area contributed by atoms with Crippen LogP contribution in [0.2, 0.25) is 0 Å². The molecule has 1 saturated heterocycles. The van der Waals surface area contributed by atoms with Crippen molar-refractivity contribution in [1.29, 1.82) is 0 Å².